The fourth-order valence-corrected chi connectivity index (χ4v) is 4.00. The molecule has 0 aliphatic carbocycles. The number of benzene rings is 2. The van der Waals surface area contributed by atoms with E-state index in [1.54, 1.807) is 24.9 Å². The van der Waals surface area contributed by atoms with Crippen molar-refractivity contribution in [2.45, 2.75) is 10.1 Å². The standard InChI is InChI=1S/C19H16ClN3O2S2/c1-25-16-5-3-2-4-14(16)8-11-17(24)21-18-22-23-19(27-18)26-12-13-6-9-15(20)10-7-13/h2-11H,12H2,1H3,(H,21,22,24)/b11-8+. The van der Waals surface area contributed by atoms with E-state index < -0.39 is 0 Å². The molecule has 27 heavy (non-hydrogen) atoms. The van der Waals surface area contributed by atoms with Gasteiger partial charge in [-0.2, -0.15) is 0 Å². The highest BCUT2D eigenvalue weighted by atomic mass is 35.5. The number of thioether (sulfide) groups is 1. The molecule has 0 saturated carbocycles. The summed E-state index contributed by atoms with van der Waals surface area (Å²) in [5, 5.41) is 12.0. The van der Waals surface area contributed by atoms with Gasteiger partial charge >= 0.3 is 0 Å². The molecule has 0 fully saturated rings. The fourth-order valence-electron chi connectivity index (χ4n) is 2.16. The minimum absolute atomic E-state index is 0.272. The molecule has 0 atom stereocenters. The highest BCUT2D eigenvalue weighted by molar-refractivity contribution is 8.00. The first-order chi connectivity index (χ1) is 13.1. The Morgan fingerprint density at radius 3 is 2.78 bits per heavy atom. The van der Waals surface area contributed by atoms with Crippen molar-refractivity contribution in [1.29, 1.82) is 0 Å². The van der Waals surface area contributed by atoms with Crippen molar-refractivity contribution in [3.8, 4) is 5.75 Å². The van der Waals surface area contributed by atoms with Crippen molar-refractivity contribution in [2.24, 2.45) is 0 Å². The summed E-state index contributed by atoms with van der Waals surface area (Å²) in [6.07, 6.45) is 3.14. The number of para-hydroxylation sites is 1. The predicted octanol–water partition coefficient (Wildman–Crippen LogP) is 5.14. The number of nitrogens with zero attached hydrogens (tertiary/aromatic N) is 2. The van der Waals surface area contributed by atoms with Gasteiger partial charge in [0.2, 0.25) is 11.0 Å². The Hall–Kier alpha value is -2.35. The van der Waals surface area contributed by atoms with Crippen LogP contribution in [0.25, 0.3) is 6.08 Å². The van der Waals surface area contributed by atoms with Gasteiger partial charge in [0.15, 0.2) is 4.34 Å². The molecule has 3 aromatic rings. The van der Waals surface area contributed by atoms with Crippen LogP contribution >= 0.6 is 34.7 Å². The van der Waals surface area contributed by atoms with Crippen LogP contribution in [-0.2, 0) is 10.5 Å². The number of methoxy groups -OCH3 is 1. The Balaban J connectivity index is 1.54. The van der Waals surface area contributed by atoms with Gasteiger partial charge in [0, 0.05) is 22.4 Å². The van der Waals surface area contributed by atoms with Crippen LogP contribution in [0.15, 0.2) is 58.9 Å². The van der Waals surface area contributed by atoms with E-state index in [2.05, 4.69) is 15.5 Å². The van der Waals surface area contributed by atoms with Gasteiger partial charge in [0.05, 0.1) is 7.11 Å². The predicted molar refractivity (Wildman–Crippen MR) is 112 cm³/mol. The van der Waals surface area contributed by atoms with E-state index in [0.717, 1.165) is 21.2 Å². The van der Waals surface area contributed by atoms with E-state index in [4.69, 9.17) is 16.3 Å². The highest BCUT2D eigenvalue weighted by Gasteiger charge is 2.07. The Labute approximate surface area is 170 Å². The third-order valence-corrected chi connectivity index (χ3v) is 5.76. The largest absolute Gasteiger partial charge is 0.496 e. The zero-order valence-electron chi connectivity index (χ0n) is 14.4. The maximum atomic E-state index is 12.1. The Morgan fingerprint density at radius 1 is 1.22 bits per heavy atom. The number of nitrogens with one attached hydrogen (secondary N) is 1. The summed E-state index contributed by atoms with van der Waals surface area (Å²) < 4.78 is 6.04. The summed E-state index contributed by atoms with van der Waals surface area (Å²) in [6, 6.07) is 15.1. The van der Waals surface area contributed by atoms with Crippen molar-refractivity contribution in [3.05, 3.63) is 70.8 Å². The van der Waals surface area contributed by atoms with Gasteiger partial charge in [-0.3, -0.25) is 10.1 Å². The van der Waals surface area contributed by atoms with E-state index in [1.165, 1.54) is 17.4 Å². The number of anilines is 1. The Kier molecular flexibility index (Phi) is 6.86. The molecule has 0 radical (unpaired) electrons. The van der Waals surface area contributed by atoms with Gasteiger partial charge in [-0.25, -0.2) is 0 Å². The molecular weight excluding hydrogens is 402 g/mol. The molecule has 1 N–H and O–H groups in total. The summed E-state index contributed by atoms with van der Waals surface area (Å²) >= 11 is 8.78. The van der Waals surface area contributed by atoms with Crippen LogP contribution in [0.1, 0.15) is 11.1 Å². The van der Waals surface area contributed by atoms with Crippen LogP contribution in [0.2, 0.25) is 5.02 Å². The van der Waals surface area contributed by atoms with Crippen LogP contribution in [0, 0.1) is 0 Å². The number of hydrogen-bond acceptors (Lipinski definition) is 6. The lowest BCUT2D eigenvalue weighted by Crippen LogP contribution is -2.07. The van der Waals surface area contributed by atoms with Gasteiger partial charge in [0.25, 0.3) is 0 Å². The van der Waals surface area contributed by atoms with Crippen LogP contribution in [0.3, 0.4) is 0 Å². The lowest BCUT2D eigenvalue weighted by atomic mass is 10.2. The first kappa shape index (κ1) is 19.4. The van der Waals surface area contributed by atoms with Crippen molar-refractivity contribution in [2.75, 3.05) is 12.4 Å². The number of amides is 1. The summed E-state index contributed by atoms with van der Waals surface area (Å²) in [5.41, 5.74) is 1.97. The summed E-state index contributed by atoms with van der Waals surface area (Å²) in [7, 11) is 1.59. The number of aromatic nitrogens is 2. The molecule has 1 amide bonds. The van der Waals surface area contributed by atoms with E-state index in [-0.39, 0.29) is 5.91 Å². The van der Waals surface area contributed by atoms with E-state index in [1.807, 2.05) is 48.5 Å². The van der Waals surface area contributed by atoms with E-state index in [0.29, 0.717) is 15.9 Å². The molecule has 0 unspecified atom stereocenters. The first-order valence-electron chi connectivity index (χ1n) is 7.97. The third kappa shape index (κ3) is 5.82. The average molecular weight is 418 g/mol. The minimum atomic E-state index is -0.272. The van der Waals surface area contributed by atoms with E-state index >= 15 is 0 Å². The second-order valence-electron chi connectivity index (χ2n) is 5.35. The second kappa shape index (κ2) is 9.55. The number of rotatable bonds is 7. The van der Waals surface area contributed by atoms with Crippen molar-refractivity contribution < 1.29 is 9.53 Å². The maximum Gasteiger partial charge on any atom is 0.250 e. The number of hydrogen-bond donors (Lipinski definition) is 1. The van der Waals surface area contributed by atoms with Crippen LogP contribution in [0.4, 0.5) is 5.13 Å². The lowest BCUT2D eigenvalue weighted by molar-refractivity contribution is -0.111. The summed E-state index contributed by atoms with van der Waals surface area (Å²) in [6.45, 7) is 0. The first-order valence-corrected chi connectivity index (χ1v) is 10.1. The van der Waals surface area contributed by atoms with Gasteiger partial charge in [-0.15, -0.1) is 10.2 Å². The van der Waals surface area contributed by atoms with Crippen molar-refractivity contribution in [1.82, 2.24) is 10.2 Å². The van der Waals surface area contributed by atoms with Gasteiger partial charge in [0.1, 0.15) is 5.75 Å². The molecule has 0 spiro atoms. The van der Waals surface area contributed by atoms with Crippen molar-refractivity contribution in [3.63, 3.8) is 0 Å². The molecule has 0 aliphatic heterocycles. The number of carbonyl (C=O) groups is 1. The average Bonchev–Trinajstić information content (AvgIpc) is 3.13. The molecule has 0 saturated heterocycles. The zero-order chi connectivity index (χ0) is 19.1. The monoisotopic (exact) mass is 417 g/mol. The molecule has 1 heterocycles. The molecule has 5 nitrogen and oxygen atoms in total. The Morgan fingerprint density at radius 2 is 2.00 bits per heavy atom. The zero-order valence-corrected chi connectivity index (χ0v) is 16.8. The molecular formula is C19H16ClN3O2S2. The van der Waals surface area contributed by atoms with Gasteiger partial charge in [-0.1, -0.05) is 65.0 Å². The molecule has 8 heteroatoms. The molecule has 3 rings (SSSR count). The molecule has 2 aromatic carbocycles. The Bertz CT molecular complexity index is 942. The molecule has 0 bridgehead atoms. The smallest absolute Gasteiger partial charge is 0.250 e. The SMILES string of the molecule is COc1ccccc1/C=C/C(=O)Nc1nnc(SCc2ccc(Cl)cc2)s1. The minimum Gasteiger partial charge on any atom is -0.496 e. The van der Waals surface area contributed by atoms with Gasteiger partial charge < -0.3 is 4.74 Å². The number of ether oxygens (including phenoxy) is 1. The quantitative estimate of drug-likeness (QED) is 0.327. The van der Waals surface area contributed by atoms with E-state index in [9.17, 15) is 4.79 Å². The molecule has 138 valence electrons. The highest BCUT2D eigenvalue weighted by Crippen LogP contribution is 2.28. The summed E-state index contributed by atoms with van der Waals surface area (Å²) in [5.74, 6) is 1.19. The topological polar surface area (TPSA) is 64.1 Å². The van der Waals surface area contributed by atoms with Gasteiger partial charge in [-0.05, 0) is 29.8 Å². The number of carbonyl (C=O) groups excluding carboxylic acids is 1. The number of halogens is 1. The third-order valence-electron chi connectivity index (χ3n) is 3.47. The van der Waals surface area contributed by atoms with Crippen LogP contribution in [0.5, 0.6) is 5.75 Å². The lowest BCUT2D eigenvalue weighted by Gasteiger charge is -2.03. The van der Waals surface area contributed by atoms with Crippen molar-refractivity contribution >= 4 is 51.8 Å². The van der Waals surface area contributed by atoms with Crippen LogP contribution in [-0.4, -0.2) is 23.2 Å². The summed E-state index contributed by atoms with van der Waals surface area (Å²) in [4.78, 5) is 12.1. The fraction of sp³-hybridized carbons (Fsp3) is 0.105. The van der Waals surface area contributed by atoms with Crippen LogP contribution < -0.4 is 10.1 Å². The normalized spacial score (nSPS) is 10.9. The maximum absolute atomic E-state index is 12.1. The second-order valence-corrected chi connectivity index (χ2v) is 7.99. The molecule has 0 aliphatic rings. The molecule has 1 aromatic heterocycles.